The molecule has 0 saturated heterocycles. The normalized spacial score (nSPS) is 15.7. The molecule has 6 aromatic rings. The molecule has 2 aromatic heterocycles. The molecule has 1 saturated carbocycles. The first-order chi connectivity index (χ1) is 26.4. The first-order valence-corrected chi connectivity index (χ1v) is 20.9. The van der Waals surface area contributed by atoms with Crippen LogP contribution in [0.3, 0.4) is 0 Å². The fraction of sp³-hybridized carbons (Fsp3) is 0.388. The Labute approximate surface area is 352 Å². The number of fused-ring (bicyclic) bond motifs is 4. The van der Waals surface area contributed by atoms with Crippen molar-refractivity contribution in [1.82, 2.24) is 9.88 Å². The molecule has 8 rings (SSSR count). The molecule has 2 N–H and O–H groups in total. The minimum Gasteiger partial charge on any atom is -0.505 e. The molecule has 3 heterocycles. The van der Waals surface area contributed by atoms with Crippen LogP contribution in [0.4, 0.5) is 5.69 Å². The number of hydrogen-bond acceptors (Lipinski definition) is 6. The summed E-state index contributed by atoms with van der Waals surface area (Å²) in [5.74, 6) is 0.659. The summed E-state index contributed by atoms with van der Waals surface area (Å²) in [6, 6.07) is 35.7. The van der Waals surface area contributed by atoms with Crippen molar-refractivity contribution in [2.24, 2.45) is 5.92 Å². The van der Waals surface area contributed by atoms with Crippen molar-refractivity contribution in [1.29, 1.82) is 0 Å². The van der Waals surface area contributed by atoms with Gasteiger partial charge in [-0.2, -0.15) is 37.0 Å². The average molecular weight is 945 g/mol. The summed E-state index contributed by atoms with van der Waals surface area (Å²) >= 11 is 1.86. The van der Waals surface area contributed by atoms with Crippen LogP contribution in [0.25, 0.3) is 42.2 Å². The van der Waals surface area contributed by atoms with E-state index in [1.807, 2.05) is 29.7 Å². The molecule has 0 spiro atoms. The maximum absolute atomic E-state index is 8.56. The van der Waals surface area contributed by atoms with Gasteiger partial charge in [-0.05, 0) is 91.7 Å². The number of benzene rings is 4. The third-order valence-corrected chi connectivity index (χ3v) is 11.4. The largest absolute Gasteiger partial charge is 3.00 e. The third-order valence-electron chi connectivity index (χ3n) is 10.2. The van der Waals surface area contributed by atoms with Gasteiger partial charge in [0, 0.05) is 27.3 Å². The van der Waals surface area contributed by atoms with Crippen molar-refractivity contribution in [2.45, 2.75) is 117 Å². The Kier molecular flexibility index (Phi) is 15.3. The van der Waals surface area contributed by atoms with E-state index in [2.05, 4.69) is 142 Å². The molecule has 0 bridgehead atoms. The van der Waals surface area contributed by atoms with Crippen molar-refractivity contribution in [3.8, 4) is 11.3 Å². The number of thiophene rings is 1. The number of aliphatic hydroxyl groups is 2. The Morgan fingerprint density at radius 3 is 2.25 bits per heavy atom. The maximum Gasteiger partial charge on any atom is 3.00 e. The van der Waals surface area contributed by atoms with Crippen molar-refractivity contribution in [3.63, 3.8) is 0 Å². The molecule has 2 unspecified atom stereocenters. The second-order valence-corrected chi connectivity index (χ2v) is 17.8. The zero-order valence-electron chi connectivity index (χ0n) is 34.1. The SMILES string of the molecule is CC(C)Cc1ccc2c(c1)sc1c(-c3[c-]c4ccccc4c(C(C)(C)C)c3)nccc12.CC(O)CC(C)O.[Ir+3].[c-]1ccccc1N1C=CN(C2CCCCC2)[CH-]1. The van der Waals surface area contributed by atoms with E-state index in [4.69, 9.17) is 15.2 Å². The average Bonchev–Trinajstić information content (AvgIpc) is 3.80. The third kappa shape index (κ3) is 11.1. The second-order valence-electron chi connectivity index (χ2n) is 16.7. The van der Waals surface area contributed by atoms with E-state index in [1.54, 1.807) is 13.8 Å². The van der Waals surface area contributed by atoms with Gasteiger partial charge < -0.3 is 20.0 Å². The van der Waals surface area contributed by atoms with Crippen molar-refractivity contribution < 1.29 is 30.3 Å². The van der Waals surface area contributed by atoms with E-state index < -0.39 is 0 Å². The molecule has 56 heavy (non-hydrogen) atoms. The Morgan fingerprint density at radius 1 is 0.857 bits per heavy atom. The Hall–Kier alpha value is -3.58. The van der Waals surface area contributed by atoms with Gasteiger partial charge in [0.1, 0.15) is 0 Å². The first kappa shape index (κ1) is 43.5. The number of para-hydroxylation sites is 1. The van der Waals surface area contributed by atoms with E-state index >= 15 is 0 Å². The standard InChI is InChI=1S/C29H28NS.C15H18N2.C5H12O2.Ir/c1-18(2)14-19-10-11-23-24-12-13-30-27(28(24)31-26(23)15-19)21-16-20-8-6-7-9-22(20)25(17-21)29(3,4)5;1-3-7-14(8-4-1)16-11-12-17(13-16)15-9-5-2-6-10-15;1-4(6)3-5(2)7;/h6-13,15,17-18H,14H2,1-5H3;1,3-4,7,11-13,15H,2,5-6,9-10H2;4-7H,3H2,1-2H3;/q-1;-2;;+3. The molecule has 0 radical (unpaired) electrons. The van der Waals surface area contributed by atoms with Crippen LogP contribution in [0.15, 0.2) is 97.5 Å². The molecule has 5 nitrogen and oxygen atoms in total. The van der Waals surface area contributed by atoms with Crippen LogP contribution in [0.2, 0.25) is 0 Å². The summed E-state index contributed by atoms with van der Waals surface area (Å²) in [7, 11) is 0. The van der Waals surface area contributed by atoms with Gasteiger partial charge in [-0.3, -0.25) is 4.98 Å². The Morgan fingerprint density at radius 2 is 1.59 bits per heavy atom. The van der Waals surface area contributed by atoms with Gasteiger partial charge in [-0.25, -0.2) is 0 Å². The fourth-order valence-electron chi connectivity index (χ4n) is 7.66. The maximum atomic E-state index is 8.56. The number of aliphatic hydroxyl groups excluding tert-OH is 2. The summed E-state index contributed by atoms with van der Waals surface area (Å²) in [4.78, 5) is 9.36. The minimum absolute atomic E-state index is 0. The topological polar surface area (TPSA) is 59.8 Å². The zero-order valence-corrected chi connectivity index (χ0v) is 37.3. The number of anilines is 1. The zero-order chi connectivity index (χ0) is 39.1. The van der Waals surface area contributed by atoms with Gasteiger partial charge in [0.05, 0.1) is 12.2 Å². The van der Waals surface area contributed by atoms with Crippen LogP contribution in [0, 0.1) is 24.7 Å². The van der Waals surface area contributed by atoms with E-state index in [-0.39, 0.29) is 37.7 Å². The van der Waals surface area contributed by atoms with E-state index in [1.165, 1.54) is 68.8 Å². The van der Waals surface area contributed by atoms with Crippen LogP contribution in [-0.2, 0) is 31.9 Å². The van der Waals surface area contributed by atoms with Gasteiger partial charge in [0.2, 0.25) is 0 Å². The smallest absolute Gasteiger partial charge is 0.505 e. The minimum atomic E-state index is -0.375. The predicted octanol–water partition coefficient (Wildman–Crippen LogP) is 12.2. The number of pyridine rings is 1. The van der Waals surface area contributed by atoms with Crippen LogP contribution in [0.5, 0.6) is 0 Å². The second kappa shape index (κ2) is 19.7. The first-order valence-electron chi connectivity index (χ1n) is 20.1. The molecule has 2 atom stereocenters. The van der Waals surface area contributed by atoms with Gasteiger partial charge in [-0.15, -0.1) is 46.2 Å². The van der Waals surface area contributed by atoms with Gasteiger partial charge in [0.25, 0.3) is 0 Å². The van der Waals surface area contributed by atoms with E-state index in [9.17, 15) is 0 Å². The van der Waals surface area contributed by atoms with Gasteiger partial charge in [-0.1, -0.05) is 95.2 Å². The van der Waals surface area contributed by atoms with Crippen molar-refractivity contribution >= 4 is 48.0 Å². The number of nitrogens with zero attached hydrogens (tertiary/aromatic N) is 3. The Balaban J connectivity index is 0.000000201. The van der Waals surface area contributed by atoms with Crippen molar-refractivity contribution in [2.75, 3.05) is 4.90 Å². The molecular weight excluding hydrogens is 887 g/mol. The molecule has 0 amide bonds. The van der Waals surface area contributed by atoms with Crippen LogP contribution < -0.4 is 4.90 Å². The molecule has 1 aliphatic carbocycles. The molecule has 4 aromatic carbocycles. The molecule has 7 heteroatoms. The van der Waals surface area contributed by atoms with E-state index in [0.29, 0.717) is 18.4 Å². The summed E-state index contributed by atoms with van der Waals surface area (Å²) < 4.78 is 2.60. The van der Waals surface area contributed by atoms with Crippen LogP contribution in [0.1, 0.15) is 98.1 Å². The molecule has 296 valence electrons. The Bertz CT molecular complexity index is 2180. The molecule has 1 fully saturated rings. The number of aromatic nitrogens is 1. The summed E-state index contributed by atoms with van der Waals surface area (Å²) in [5.41, 5.74) is 6.04. The number of hydrogen-bond donors (Lipinski definition) is 2. The number of rotatable bonds is 7. The quantitative estimate of drug-likeness (QED) is 0.156. The fourth-order valence-corrected chi connectivity index (χ4v) is 8.93. The molecular formula is C49H58IrN3O2S. The van der Waals surface area contributed by atoms with E-state index in [0.717, 1.165) is 28.8 Å². The van der Waals surface area contributed by atoms with Crippen molar-refractivity contribution in [3.05, 3.63) is 127 Å². The summed E-state index contributed by atoms with van der Waals surface area (Å²) in [6.45, 7) is 16.9. The molecule has 1 aliphatic heterocycles. The van der Waals surface area contributed by atoms with Crippen LogP contribution >= 0.6 is 11.3 Å². The summed E-state index contributed by atoms with van der Waals surface area (Å²) in [5, 5.41) is 22.2. The predicted molar refractivity (Wildman–Crippen MR) is 234 cm³/mol. The van der Waals surface area contributed by atoms with Crippen LogP contribution in [-0.4, -0.2) is 38.3 Å². The monoisotopic (exact) mass is 945 g/mol. The molecule has 2 aliphatic rings. The summed E-state index contributed by atoms with van der Waals surface area (Å²) in [6.07, 6.45) is 13.9. The van der Waals surface area contributed by atoms with Gasteiger partial charge in [0.15, 0.2) is 0 Å². The van der Waals surface area contributed by atoms with Gasteiger partial charge >= 0.3 is 20.1 Å².